The SMILES string of the molecule is N#Cc1cccc(COC(=O)CN2C(=O)C(=O)c3ccccc32)c1. The third kappa shape index (κ3) is 2.88. The first-order valence-corrected chi connectivity index (χ1v) is 7.20. The lowest BCUT2D eigenvalue weighted by Gasteiger charge is -2.15. The first-order valence-electron chi connectivity index (χ1n) is 7.20. The van der Waals surface area contributed by atoms with E-state index in [-0.39, 0.29) is 18.7 Å². The largest absolute Gasteiger partial charge is 0.459 e. The monoisotopic (exact) mass is 320 g/mol. The van der Waals surface area contributed by atoms with Crippen molar-refractivity contribution in [2.45, 2.75) is 6.61 Å². The number of ether oxygens (including phenoxy) is 1. The molecule has 2 aromatic carbocycles. The van der Waals surface area contributed by atoms with Gasteiger partial charge in [0.05, 0.1) is 22.9 Å². The molecule has 1 heterocycles. The number of carbonyl (C=O) groups excluding carboxylic acids is 3. The van der Waals surface area contributed by atoms with Gasteiger partial charge in [0.15, 0.2) is 0 Å². The number of nitrogens with zero attached hydrogens (tertiary/aromatic N) is 2. The van der Waals surface area contributed by atoms with Crippen LogP contribution in [-0.2, 0) is 20.9 Å². The molecule has 0 saturated carbocycles. The molecule has 0 atom stereocenters. The highest BCUT2D eigenvalue weighted by molar-refractivity contribution is 6.52. The highest BCUT2D eigenvalue weighted by atomic mass is 16.5. The number of carbonyl (C=O) groups is 3. The Hall–Kier alpha value is -3.46. The van der Waals surface area contributed by atoms with Crippen molar-refractivity contribution in [3.05, 3.63) is 65.2 Å². The van der Waals surface area contributed by atoms with Crippen LogP contribution in [0.5, 0.6) is 0 Å². The van der Waals surface area contributed by atoms with Crippen LogP contribution in [0.25, 0.3) is 0 Å². The van der Waals surface area contributed by atoms with E-state index in [0.29, 0.717) is 16.8 Å². The summed E-state index contributed by atoms with van der Waals surface area (Å²) in [6.07, 6.45) is 0. The maximum atomic E-state index is 12.0. The third-order valence-corrected chi connectivity index (χ3v) is 3.62. The summed E-state index contributed by atoms with van der Waals surface area (Å²) in [5, 5.41) is 8.84. The quantitative estimate of drug-likeness (QED) is 0.633. The summed E-state index contributed by atoms with van der Waals surface area (Å²) in [6.45, 7) is -0.342. The van der Waals surface area contributed by atoms with Gasteiger partial charge in [-0.1, -0.05) is 24.3 Å². The average Bonchev–Trinajstić information content (AvgIpc) is 2.85. The molecule has 1 amide bonds. The van der Waals surface area contributed by atoms with Gasteiger partial charge in [-0.25, -0.2) is 0 Å². The number of fused-ring (bicyclic) bond motifs is 1. The number of Topliss-reactive ketones (excluding diaryl/α,β-unsaturated/α-hetero) is 1. The van der Waals surface area contributed by atoms with Gasteiger partial charge in [-0.05, 0) is 29.8 Å². The van der Waals surface area contributed by atoms with Gasteiger partial charge in [0, 0.05) is 0 Å². The Balaban J connectivity index is 1.66. The lowest BCUT2D eigenvalue weighted by Crippen LogP contribution is -2.35. The summed E-state index contributed by atoms with van der Waals surface area (Å²) in [4.78, 5) is 37.0. The minimum absolute atomic E-state index is 0.00796. The minimum atomic E-state index is -0.736. The molecule has 0 aromatic heterocycles. The smallest absolute Gasteiger partial charge is 0.326 e. The van der Waals surface area contributed by atoms with E-state index < -0.39 is 17.7 Å². The Bertz CT molecular complexity index is 883. The molecule has 2 aromatic rings. The number of esters is 1. The number of benzene rings is 2. The van der Waals surface area contributed by atoms with Gasteiger partial charge in [-0.15, -0.1) is 0 Å². The molecule has 24 heavy (non-hydrogen) atoms. The van der Waals surface area contributed by atoms with Gasteiger partial charge in [0.1, 0.15) is 13.2 Å². The van der Waals surface area contributed by atoms with E-state index in [4.69, 9.17) is 10.00 Å². The number of para-hydroxylation sites is 1. The molecule has 0 saturated heterocycles. The van der Waals surface area contributed by atoms with Crippen LogP contribution in [0.1, 0.15) is 21.5 Å². The summed E-state index contributed by atoms with van der Waals surface area (Å²) in [7, 11) is 0. The molecule has 1 aliphatic rings. The second-order valence-electron chi connectivity index (χ2n) is 5.21. The summed E-state index contributed by atoms with van der Waals surface area (Å²) in [5.74, 6) is -1.99. The average molecular weight is 320 g/mol. The minimum Gasteiger partial charge on any atom is -0.459 e. The molecule has 0 N–H and O–H groups in total. The maximum Gasteiger partial charge on any atom is 0.326 e. The van der Waals surface area contributed by atoms with E-state index in [0.717, 1.165) is 4.90 Å². The van der Waals surface area contributed by atoms with E-state index in [1.54, 1.807) is 48.5 Å². The molecule has 0 fully saturated rings. The topological polar surface area (TPSA) is 87.5 Å². The predicted octanol–water partition coefficient (Wildman–Crippen LogP) is 1.83. The number of hydrogen-bond acceptors (Lipinski definition) is 5. The van der Waals surface area contributed by atoms with Crippen LogP contribution in [0.3, 0.4) is 0 Å². The summed E-state index contributed by atoms with van der Waals surface area (Å²) in [6, 6.07) is 15.2. The van der Waals surface area contributed by atoms with Gasteiger partial charge in [-0.3, -0.25) is 19.3 Å². The molecular formula is C18H12N2O4. The fourth-order valence-electron chi connectivity index (χ4n) is 2.47. The molecule has 1 aliphatic heterocycles. The van der Waals surface area contributed by atoms with Crippen molar-refractivity contribution in [3.8, 4) is 6.07 Å². The first-order chi connectivity index (χ1) is 11.6. The van der Waals surface area contributed by atoms with Crippen molar-refractivity contribution < 1.29 is 19.1 Å². The normalized spacial score (nSPS) is 12.7. The number of rotatable bonds is 4. The van der Waals surface area contributed by atoms with Crippen LogP contribution < -0.4 is 4.90 Å². The fraction of sp³-hybridized carbons (Fsp3) is 0.111. The number of nitriles is 1. The highest BCUT2D eigenvalue weighted by Gasteiger charge is 2.36. The molecule has 6 nitrogen and oxygen atoms in total. The second kappa shape index (κ2) is 6.34. The molecule has 118 valence electrons. The van der Waals surface area contributed by atoms with Gasteiger partial charge in [0.25, 0.3) is 11.7 Å². The molecule has 6 heteroatoms. The van der Waals surface area contributed by atoms with Gasteiger partial charge < -0.3 is 4.74 Å². The third-order valence-electron chi connectivity index (χ3n) is 3.62. The summed E-state index contributed by atoms with van der Waals surface area (Å²) < 4.78 is 5.13. The summed E-state index contributed by atoms with van der Waals surface area (Å²) in [5.41, 5.74) is 1.84. The number of amides is 1. The number of hydrogen-bond donors (Lipinski definition) is 0. The Kier molecular flexibility index (Phi) is 4.08. The molecule has 0 aliphatic carbocycles. The van der Waals surface area contributed by atoms with Crippen LogP contribution in [0.4, 0.5) is 5.69 Å². The maximum absolute atomic E-state index is 12.0. The molecule has 0 radical (unpaired) electrons. The Morgan fingerprint density at radius 3 is 2.71 bits per heavy atom. The van der Waals surface area contributed by atoms with Crippen molar-refractivity contribution in [2.75, 3.05) is 11.4 Å². The van der Waals surface area contributed by atoms with Gasteiger partial charge in [0.2, 0.25) is 0 Å². The van der Waals surface area contributed by atoms with E-state index in [9.17, 15) is 14.4 Å². The number of anilines is 1. The molecule has 0 spiro atoms. The van der Waals surface area contributed by atoms with Crippen LogP contribution in [0.2, 0.25) is 0 Å². The van der Waals surface area contributed by atoms with Crippen LogP contribution in [0.15, 0.2) is 48.5 Å². The zero-order valence-electron chi connectivity index (χ0n) is 12.6. The molecule has 0 unspecified atom stereocenters. The Labute approximate surface area is 137 Å². The zero-order valence-corrected chi connectivity index (χ0v) is 12.6. The van der Waals surface area contributed by atoms with Crippen LogP contribution >= 0.6 is 0 Å². The molecule has 3 rings (SSSR count). The van der Waals surface area contributed by atoms with E-state index in [1.807, 2.05) is 6.07 Å². The number of ketones is 1. The van der Waals surface area contributed by atoms with E-state index in [2.05, 4.69) is 0 Å². The summed E-state index contributed by atoms with van der Waals surface area (Å²) >= 11 is 0. The van der Waals surface area contributed by atoms with E-state index >= 15 is 0 Å². The van der Waals surface area contributed by atoms with Crippen LogP contribution in [-0.4, -0.2) is 24.2 Å². The first kappa shape index (κ1) is 15.4. The predicted molar refractivity (Wildman–Crippen MR) is 84.1 cm³/mol. The fourth-order valence-corrected chi connectivity index (χ4v) is 2.47. The van der Waals surface area contributed by atoms with Crippen molar-refractivity contribution in [1.29, 1.82) is 5.26 Å². The molecule has 0 bridgehead atoms. The van der Waals surface area contributed by atoms with Crippen molar-refractivity contribution >= 4 is 23.3 Å². The van der Waals surface area contributed by atoms with Crippen molar-refractivity contribution in [2.24, 2.45) is 0 Å². The van der Waals surface area contributed by atoms with Gasteiger partial charge in [-0.2, -0.15) is 5.26 Å². The van der Waals surface area contributed by atoms with Crippen LogP contribution in [0, 0.1) is 11.3 Å². The van der Waals surface area contributed by atoms with Gasteiger partial charge >= 0.3 is 5.97 Å². The Morgan fingerprint density at radius 1 is 1.12 bits per heavy atom. The Morgan fingerprint density at radius 2 is 1.92 bits per heavy atom. The van der Waals surface area contributed by atoms with E-state index in [1.165, 1.54) is 0 Å². The lowest BCUT2D eigenvalue weighted by molar-refractivity contribution is -0.143. The highest BCUT2D eigenvalue weighted by Crippen LogP contribution is 2.28. The molecular weight excluding hydrogens is 308 g/mol. The lowest BCUT2D eigenvalue weighted by atomic mass is 10.1. The van der Waals surface area contributed by atoms with Crippen molar-refractivity contribution in [3.63, 3.8) is 0 Å². The zero-order chi connectivity index (χ0) is 17.1. The standard InChI is InChI=1S/C18H12N2O4/c19-9-12-4-3-5-13(8-12)11-24-16(21)10-20-15-7-2-1-6-14(15)17(22)18(20)23/h1-8H,10-11H2. The van der Waals surface area contributed by atoms with Crippen molar-refractivity contribution in [1.82, 2.24) is 0 Å². The second-order valence-corrected chi connectivity index (χ2v) is 5.21.